The van der Waals surface area contributed by atoms with Crippen LogP contribution in [-0.4, -0.2) is 23.6 Å². The number of aliphatic hydroxyl groups is 1. The van der Waals surface area contributed by atoms with Crippen molar-refractivity contribution in [1.29, 1.82) is 0 Å². The van der Waals surface area contributed by atoms with Crippen molar-refractivity contribution in [3.63, 3.8) is 0 Å². The normalized spacial score (nSPS) is 20.6. The molecule has 1 amide bonds. The second-order valence-corrected chi connectivity index (χ2v) is 3.90. The number of rotatable bonds is 2. The Morgan fingerprint density at radius 2 is 2.31 bits per heavy atom. The number of carbonyl (C=O) groups is 1. The smallest absolute Gasteiger partial charge is 0.228 e. The maximum absolute atomic E-state index is 13.0. The second kappa shape index (κ2) is 4.19. The third kappa shape index (κ3) is 1.91. The summed E-state index contributed by atoms with van der Waals surface area (Å²) in [5.41, 5.74) is 6.62. The Balaban J connectivity index is 2.36. The Bertz CT molecular complexity index is 422. The van der Waals surface area contributed by atoms with Gasteiger partial charge in [-0.25, -0.2) is 4.39 Å². The molecule has 1 aromatic rings. The predicted molar refractivity (Wildman–Crippen MR) is 57.3 cm³/mol. The number of carbonyl (C=O) groups excluding carboxylic acids is 1. The number of aliphatic hydroxyl groups excluding tert-OH is 1. The monoisotopic (exact) mass is 224 g/mol. The molecule has 0 spiro atoms. The first-order valence-electron chi connectivity index (χ1n) is 5.07. The summed E-state index contributed by atoms with van der Waals surface area (Å²) in [6, 6.07) is 3.80. The molecule has 4 nitrogen and oxygen atoms in total. The van der Waals surface area contributed by atoms with Crippen LogP contribution in [-0.2, 0) is 11.4 Å². The van der Waals surface area contributed by atoms with Crippen LogP contribution in [0.2, 0.25) is 0 Å². The van der Waals surface area contributed by atoms with Gasteiger partial charge in [0.05, 0.1) is 6.61 Å². The number of nitrogens with two attached hydrogens (primary N) is 1. The molecule has 86 valence electrons. The van der Waals surface area contributed by atoms with Gasteiger partial charge in [-0.1, -0.05) is 0 Å². The number of anilines is 1. The highest BCUT2D eigenvalue weighted by molar-refractivity contribution is 5.96. The van der Waals surface area contributed by atoms with Gasteiger partial charge in [-0.3, -0.25) is 4.79 Å². The maximum Gasteiger partial charge on any atom is 0.228 e. The Kier molecular flexibility index (Phi) is 2.89. The lowest BCUT2D eigenvalue weighted by Gasteiger charge is -2.19. The van der Waals surface area contributed by atoms with Gasteiger partial charge in [-0.15, -0.1) is 0 Å². The molecule has 0 aromatic heterocycles. The Labute approximate surface area is 92.5 Å². The van der Waals surface area contributed by atoms with Crippen molar-refractivity contribution in [1.82, 2.24) is 0 Å². The molecule has 0 bridgehead atoms. The van der Waals surface area contributed by atoms with E-state index in [2.05, 4.69) is 0 Å². The molecule has 1 aromatic carbocycles. The molecule has 1 atom stereocenters. The highest BCUT2D eigenvalue weighted by Crippen LogP contribution is 2.25. The van der Waals surface area contributed by atoms with E-state index in [1.165, 1.54) is 23.1 Å². The molecule has 1 aliphatic heterocycles. The van der Waals surface area contributed by atoms with Crippen LogP contribution in [0.3, 0.4) is 0 Å². The summed E-state index contributed by atoms with van der Waals surface area (Å²) in [5, 5.41) is 9.12. The summed E-state index contributed by atoms with van der Waals surface area (Å²) < 4.78 is 13.0. The standard InChI is InChI=1S/C11H13FN2O2/c12-8-1-2-10(7(3-8)6-15)14-5-9(13)4-11(14)16/h1-3,9,15H,4-6,13H2. The molecule has 0 saturated carbocycles. The largest absolute Gasteiger partial charge is 0.392 e. The van der Waals surface area contributed by atoms with Crippen molar-refractivity contribution in [2.75, 3.05) is 11.4 Å². The average molecular weight is 224 g/mol. The molecule has 1 saturated heterocycles. The van der Waals surface area contributed by atoms with E-state index >= 15 is 0 Å². The van der Waals surface area contributed by atoms with Gasteiger partial charge >= 0.3 is 0 Å². The molecular formula is C11H13FN2O2. The van der Waals surface area contributed by atoms with Crippen molar-refractivity contribution in [3.8, 4) is 0 Å². The molecular weight excluding hydrogens is 211 g/mol. The van der Waals surface area contributed by atoms with Gasteiger partial charge in [0.25, 0.3) is 0 Å². The van der Waals surface area contributed by atoms with Crippen molar-refractivity contribution in [2.45, 2.75) is 19.1 Å². The Hall–Kier alpha value is -1.46. The summed E-state index contributed by atoms with van der Waals surface area (Å²) in [6.45, 7) is 0.115. The topological polar surface area (TPSA) is 66.6 Å². The van der Waals surface area contributed by atoms with E-state index in [9.17, 15) is 9.18 Å². The van der Waals surface area contributed by atoms with Crippen molar-refractivity contribution in [3.05, 3.63) is 29.6 Å². The fourth-order valence-corrected chi connectivity index (χ4v) is 1.91. The molecule has 1 aliphatic rings. The zero-order chi connectivity index (χ0) is 11.7. The number of hydrogen-bond acceptors (Lipinski definition) is 3. The fourth-order valence-electron chi connectivity index (χ4n) is 1.91. The maximum atomic E-state index is 13.0. The lowest BCUT2D eigenvalue weighted by Crippen LogP contribution is -2.28. The van der Waals surface area contributed by atoms with Crippen LogP contribution in [0.4, 0.5) is 10.1 Å². The number of nitrogens with zero attached hydrogens (tertiary/aromatic N) is 1. The van der Waals surface area contributed by atoms with Gasteiger partial charge in [0, 0.05) is 30.3 Å². The van der Waals surface area contributed by atoms with Crippen LogP contribution in [0.15, 0.2) is 18.2 Å². The van der Waals surface area contributed by atoms with Gasteiger partial charge < -0.3 is 15.7 Å². The van der Waals surface area contributed by atoms with Crippen molar-refractivity contribution in [2.24, 2.45) is 5.73 Å². The van der Waals surface area contributed by atoms with E-state index in [4.69, 9.17) is 10.8 Å². The summed E-state index contributed by atoms with van der Waals surface area (Å²) in [4.78, 5) is 13.1. The third-order valence-electron chi connectivity index (χ3n) is 2.66. The van der Waals surface area contributed by atoms with E-state index in [-0.39, 0.29) is 18.6 Å². The van der Waals surface area contributed by atoms with Crippen LogP contribution >= 0.6 is 0 Å². The zero-order valence-electron chi connectivity index (χ0n) is 8.69. The van der Waals surface area contributed by atoms with Crippen LogP contribution in [0.25, 0.3) is 0 Å². The quantitative estimate of drug-likeness (QED) is 0.763. The summed E-state index contributed by atoms with van der Waals surface area (Å²) in [6.07, 6.45) is 0.294. The van der Waals surface area contributed by atoms with Crippen molar-refractivity contribution >= 4 is 11.6 Å². The van der Waals surface area contributed by atoms with E-state index in [0.717, 1.165) is 0 Å². The molecule has 5 heteroatoms. The van der Waals surface area contributed by atoms with Crippen LogP contribution in [0.5, 0.6) is 0 Å². The fraction of sp³-hybridized carbons (Fsp3) is 0.364. The molecule has 1 unspecified atom stereocenters. The number of benzene rings is 1. The van der Waals surface area contributed by atoms with Gasteiger partial charge in [-0.2, -0.15) is 0 Å². The minimum atomic E-state index is -0.427. The first-order chi connectivity index (χ1) is 7.61. The first kappa shape index (κ1) is 11.0. The van der Waals surface area contributed by atoms with E-state index in [0.29, 0.717) is 24.2 Å². The molecule has 0 aliphatic carbocycles. The highest BCUT2D eigenvalue weighted by atomic mass is 19.1. The predicted octanol–water partition coefficient (Wildman–Crippen LogP) is 0.382. The number of halogens is 1. The number of hydrogen-bond donors (Lipinski definition) is 2. The third-order valence-corrected chi connectivity index (χ3v) is 2.66. The summed E-state index contributed by atoms with van der Waals surface area (Å²) in [7, 11) is 0. The molecule has 1 heterocycles. The van der Waals surface area contributed by atoms with Crippen molar-refractivity contribution < 1.29 is 14.3 Å². The molecule has 1 fully saturated rings. The van der Waals surface area contributed by atoms with E-state index in [1.54, 1.807) is 0 Å². The van der Waals surface area contributed by atoms with Gasteiger partial charge in [-0.05, 0) is 18.2 Å². The lowest BCUT2D eigenvalue weighted by molar-refractivity contribution is -0.117. The van der Waals surface area contributed by atoms with E-state index < -0.39 is 5.82 Å². The Morgan fingerprint density at radius 3 is 2.88 bits per heavy atom. The SMILES string of the molecule is NC1CC(=O)N(c2ccc(F)cc2CO)C1. The zero-order valence-corrected chi connectivity index (χ0v) is 8.69. The lowest BCUT2D eigenvalue weighted by atomic mass is 10.1. The van der Waals surface area contributed by atoms with Crippen LogP contribution in [0, 0.1) is 5.82 Å². The summed E-state index contributed by atoms with van der Waals surface area (Å²) >= 11 is 0. The Morgan fingerprint density at radius 1 is 1.56 bits per heavy atom. The number of amides is 1. The van der Waals surface area contributed by atoms with Crippen LogP contribution < -0.4 is 10.6 Å². The van der Waals surface area contributed by atoms with Gasteiger partial charge in [0.1, 0.15) is 5.82 Å². The van der Waals surface area contributed by atoms with Gasteiger partial charge in [0.2, 0.25) is 5.91 Å². The van der Waals surface area contributed by atoms with E-state index in [1.807, 2.05) is 0 Å². The molecule has 0 radical (unpaired) electrons. The van der Waals surface area contributed by atoms with Gasteiger partial charge in [0.15, 0.2) is 0 Å². The molecule has 3 N–H and O–H groups in total. The minimum Gasteiger partial charge on any atom is -0.392 e. The highest BCUT2D eigenvalue weighted by Gasteiger charge is 2.29. The second-order valence-electron chi connectivity index (χ2n) is 3.90. The van der Waals surface area contributed by atoms with Crippen LogP contribution in [0.1, 0.15) is 12.0 Å². The average Bonchev–Trinajstić information content (AvgIpc) is 2.57. The first-order valence-corrected chi connectivity index (χ1v) is 5.07. The summed E-state index contributed by atoms with van der Waals surface area (Å²) in [5.74, 6) is -0.516. The molecule has 16 heavy (non-hydrogen) atoms. The molecule has 2 rings (SSSR count). The minimum absolute atomic E-state index is 0.0891.